The van der Waals surface area contributed by atoms with Gasteiger partial charge in [-0.25, -0.2) is 4.39 Å². The third-order valence-corrected chi connectivity index (χ3v) is 3.13. The SMILES string of the molecule is NCCC1CC(c2ccc(F)c(Cl)c2)NN1. The van der Waals surface area contributed by atoms with Gasteiger partial charge in [0.25, 0.3) is 0 Å². The molecular formula is C11H15ClFN3. The Labute approximate surface area is 99.1 Å². The summed E-state index contributed by atoms with van der Waals surface area (Å²) in [6, 6.07) is 5.37. The first-order valence-electron chi connectivity index (χ1n) is 5.37. The molecule has 2 unspecified atom stereocenters. The molecule has 1 fully saturated rings. The second-order valence-corrected chi connectivity index (χ2v) is 4.43. The van der Waals surface area contributed by atoms with Crippen LogP contribution in [0.2, 0.25) is 5.02 Å². The van der Waals surface area contributed by atoms with E-state index in [0.29, 0.717) is 12.6 Å². The lowest BCUT2D eigenvalue weighted by atomic mass is 10.0. The maximum Gasteiger partial charge on any atom is 0.141 e. The van der Waals surface area contributed by atoms with Crippen molar-refractivity contribution in [2.75, 3.05) is 6.54 Å². The Bertz CT molecular complexity index is 372. The van der Waals surface area contributed by atoms with Crippen molar-refractivity contribution in [3.8, 4) is 0 Å². The van der Waals surface area contributed by atoms with Crippen LogP contribution in [0, 0.1) is 5.82 Å². The summed E-state index contributed by atoms with van der Waals surface area (Å²) >= 11 is 5.75. The summed E-state index contributed by atoms with van der Waals surface area (Å²) in [5, 5.41) is 0.168. The summed E-state index contributed by atoms with van der Waals surface area (Å²) in [4.78, 5) is 0. The second kappa shape index (κ2) is 5.10. The number of rotatable bonds is 3. The fraction of sp³-hybridized carbons (Fsp3) is 0.455. The molecule has 0 radical (unpaired) electrons. The van der Waals surface area contributed by atoms with Gasteiger partial charge >= 0.3 is 0 Å². The molecule has 1 aliphatic rings. The molecule has 1 aromatic carbocycles. The van der Waals surface area contributed by atoms with Crippen LogP contribution in [0.3, 0.4) is 0 Å². The Hall–Kier alpha value is -0.680. The van der Waals surface area contributed by atoms with Crippen LogP contribution in [-0.4, -0.2) is 12.6 Å². The fourth-order valence-corrected chi connectivity index (χ4v) is 2.15. The second-order valence-electron chi connectivity index (χ2n) is 4.02. The van der Waals surface area contributed by atoms with Gasteiger partial charge in [0.05, 0.1) is 5.02 Å². The monoisotopic (exact) mass is 243 g/mol. The minimum absolute atomic E-state index is 0.168. The Kier molecular flexibility index (Phi) is 3.76. The van der Waals surface area contributed by atoms with E-state index in [9.17, 15) is 4.39 Å². The standard InChI is InChI=1S/C11H15ClFN3/c12-9-5-7(1-2-10(9)13)11-6-8(3-4-14)15-16-11/h1-2,5,8,11,15-16H,3-4,6,14H2. The number of halogens is 2. The van der Waals surface area contributed by atoms with Crippen LogP contribution in [0.5, 0.6) is 0 Å². The Morgan fingerprint density at radius 2 is 2.25 bits per heavy atom. The average molecular weight is 244 g/mol. The number of hydrogen-bond donors (Lipinski definition) is 3. The molecule has 4 N–H and O–H groups in total. The molecule has 1 aliphatic heterocycles. The van der Waals surface area contributed by atoms with E-state index in [1.54, 1.807) is 12.1 Å². The Morgan fingerprint density at radius 1 is 1.44 bits per heavy atom. The molecule has 0 bridgehead atoms. The zero-order chi connectivity index (χ0) is 11.5. The largest absolute Gasteiger partial charge is 0.330 e. The molecular weight excluding hydrogens is 229 g/mol. The average Bonchev–Trinajstić information content (AvgIpc) is 2.71. The molecule has 1 heterocycles. The van der Waals surface area contributed by atoms with E-state index in [1.165, 1.54) is 6.07 Å². The number of nitrogens with two attached hydrogens (primary N) is 1. The summed E-state index contributed by atoms with van der Waals surface area (Å²) in [6.07, 6.45) is 1.87. The maximum absolute atomic E-state index is 13.0. The number of nitrogens with one attached hydrogen (secondary N) is 2. The first-order chi connectivity index (χ1) is 7.70. The van der Waals surface area contributed by atoms with E-state index in [-0.39, 0.29) is 16.9 Å². The zero-order valence-electron chi connectivity index (χ0n) is 8.84. The highest BCUT2D eigenvalue weighted by Crippen LogP contribution is 2.26. The first kappa shape index (κ1) is 11.8. The first-order valence-corrected chi connectivity index (χ1v) is 5.74. The van der Waals surface area contributed by atoms with Crippen LogP contribution in [0.1, 0.15) is 24.4 Å². The summed E-state index contributed by atoms with van der Waals surface area (Å²) in [5.41, 5.74) is 12.8. The van der Waals surface area contributed by atoms with Crippen molar-refractivity contribution in [2.45, 2.75) is 24.9 Å². The third kappa shape index (κ3) is 2.52. The van der Waals surface area contributed by atoms with Crippen LogP contribution in [0.4, 0.5) is 4.39 Å². The summed E-state index contributed by atoms with van der Waals surface area (Å²) in [7, 11) is 0. The molecule has 2 rings (SSSR count). The molecule has 0 amide bonds. The molecule has 1 saturated heterocycles. The van der Waals surface area contributed by atoms with Gasteiger partial charge in [0.15, 0.2) is 0 Å². The number of hydrogen-bond acceptors (Lipinski definition) is 3. The highest BCUT2D eigenvalue weighted by atomic mass is 35.5. The van der Waals surface area contributed by atoms with Gasteiger partial charge in [-0.05, 0) is 37.1 Å². The minimum Gasteiger partial charge on any atom is -0.330 e. The lowest BCUT2D eigenvalue weighted by Crippen LogP contribution is -2.32. The quantitative estimate of drug-likeness (QED) is 0.758. The highest BCUT2D eigenvalue weighted by Gasteiger charge is 2.24. The molecule has 3 nitrogen and oxygen atoms in total. The maximum atomic E-state index is 13.0. The molecule has 1 aromatic rings. The Balaban J connectivity index is 2.05. The molecule has 0 aromatic heterocycles. The number of benzene rings is 1. The van der Waals surface area contributed by atoms with Crippen LogP contribution < -0.4 is 16.6 Å². The van der Waals surface area contributed by atoms with E-state index in [4.69, 9.17) is 17.3 Å². The third-order valence-electron chi connectivity index (χ3n) is 2.84. The van der Waals surface area contributed by atoms with E-state index in [2.05, 4.69) is 10.9 Å². The molecule has 2 atom stereocenters. The summed E-state index contributed by atoms with van der Waals surface area (Å²) in [6.45, 7) is 0.663. The summed E-state index contributed by atoms with van der Waals surface area (Å²) in [5.74, 6) is -0.380. The van der Waals surface area contributed by atoms with Crippen molar-refractivity contribution in [2.24, 2.45) is 5.73 Å². The highest BCUT2D eigenvalue weighted by molar-refractivity contribution is 6.30. The van der Waals surface area contributed by atoms with Gasteiger partial charge < -0.3 is 5.73 Å². The molecule has 0 saturated carbocycles. The van der Waals surface area contributed by atoms with Gasteiger partial charge in [-0.2, -0.15) is 0 Å². The zero-order valence-corrected chi connectivity index (χ0v) is 9.60. The molecule has 16 heavy (non-hydrogen) atoms. The molecule has 88 valence electrons. The van der Waals surface area contributed by atoms with Crippen molar-refractivity contribution < 1.29 is 4.39 Å². The van der Waals surface area contributed by atoms with Gasteiger partial charge in [-0.3, -0.25) is 10.9 Å². The van der Waals surface area contributed by atoms with E-state index < -0.39 is 0 Å². The van der Waals surface area contributed by atoms with Gasteiger partial charge in [0.2, 0.25) is 0 Å². The van der Waals surface area contributed by atoms with Crippen molar-refractivity contribution in [1.29, 1.82) is 0 Å². The van der Waals surface area contributed by atoms with E-state index >= 15 is 0 Å². The van der Waals surface area contributed by atoms with Gasteiger partial charge in [0.1, 0.15) is 5.82 Å². The van der Waals surface area contributed by atoms with E-state index in [1.807, 2.05) is 0 Å². The predicted octanol–water partition coefficient (Wildman–Crippen LogP) is 1.74. The lowest BCUT2D eigenvalue weighted by Gasteiger charge is -2.10. The summed E-state index contributed by atoms with van der Waals surface area (Å²) < 4.78 is 13.0. The molecule has 0 spiro atoms. The van der Waals surface area contributed by atoms with Gasteiger partial charge in [-0.15, -0.1) is 0 Å². The van der Waals surface area contributed by atoms with Crippen LogP contribution in [-0.2, 0) is 0 Å². The van der Waals surface area contributed by atoms with Crippen molar-refractivity contribution in [3.63, 3.8) is 0 Å². The van der Waals surface area contributed by atoms with E-state index in [0.717, 1.165) is 18.4 Å². The molecule has 0 aliphatic carbocycles. The Morgan fingerprint density at radius 3 is 2.94 bits per heavy atom. The van der Waals surface area contributed by atoms with Crippen LogP contribution >= 0.6 is 11.6 Å². The fourth-order valence-electron chi connectivity index (χ4n) is 1.96. The van der Waals surface area contributed by atoms with Crippen molar-refractivity contribution in [3.05, 3.63) is 34.6 Å². The topological polar surface area (TPSA) is 50.1 Å². The molecule has 5 heteroatoms. The van der Waals surface area contributed by atoms with Crippen molar-refractivity contribution in [1.82, 2.24) is 10.9 Å². The van der Waals surface area contributed by atoms with Gasteiger partial charge in [-0.1, -0.05) is 17.7 Å². The van der Waals surface area contributed by atoms with Crippen LogP contribution in [0.25, 0.3) is 0 Å². The smallest absolute Gasteiger partial charge is 0.141 e. The lowest BCUT2D eigenvalue weighted by molar-refractivity contribution is 0.521. The minimum atomic E-state index is -0.380. The van der Waals surface area contributed by atoms with Crippen molar-refractivity contribution >= 4 is 11.6 Å². The van der Waals surface area contributed by atoms with Gasteiger partial charge in [0, 0.05) is 12.1 Å². The normalized spacial score (nSPS) is 24.9. The predicted molar refractivity (Wildman–Crippen MR) is 62.5 cm³/mol. The van der Waals surface area contributed by atoms with Crippen LogP contribution in [0.15, 0.2) is 18.2 Å². The number of hydrazine groups is 1.